The number of thiazole rings is 1. The lowest BCUT2D eigenvalue weighted by Gasteiger charge is -2.37. The first-order valence-electron chi connectivity index (χ1n) is 11.3. The van der Waals surface area contributed by atoms with Gasteiger partial charge in [0.2, 0.25) is 0 Å². The van der Waals surface area contributed by atoms with Crippen molar-refractivity contribution >= 4 is 16.5 Å². The van der Waals surface area contributed by atoms with Gasteiger partial charge in [-0.25, -0.2) is 4.98 Å². The smallest absolute Gasteiger partial charge is 0.406 e. The summed E-state index contributed by atoms with van der Waals surface area (Å²) >= 11 is 1.32. The molecule has 3 aromatic carbocycles. The average Bonchev–Trinajstić information content (AvgIpc) is 3.13. The Morgan fingerprint density at radius 3 is 1.71 bits per heavy atom. The van der Waals surface area contributed by atoms with Crippen molar-refractivity contribution in [3.8, 4) is 11.5 Å². The van der Waals surface area contributed by atoms with Gasteiger partial charge in [0.15, 0.2) is 5.13 Å². The lowest BCUT2D eigenvalue weighted by molar-refractivity contribution is -0.275. The molecule has 1 heterocycles. The molecule has 0 aliphatic heterocycles. The summed E-state index contributed by atoms with van der Waals surface area (Å²) in [5.41, 5.74) is 0.785. The van der Waals surface area contributed by atoms with Crippen molar-refractivity contribution in [2.45, 2.75) is 38.5 Å². The van der Waals surface area contributed by atoms with E-state index in [2.05, 4.69) is 19.8 Å². The Morgan fingerprint density at radius 2 is 1.26 bits per heavy atom. The third kappa shape index (κ3) is 6.77. The van der Waals surface area contributed by atoms with Crippen LogP contribution in [0.4, 0.5) is 31.5 Å². The Hall–Kier alpha value is -3.73. The Morgan fingerprint density at radius 1 is 0.737 bits per heavy atom. The molecule has 0 spiro atoms. The highest BCUT2D eigenvalue weighted by Crippen LogP contribution is 2.41. The molecule has 4 rings (SSSR count). The molecule has 0 radical (unpaired) electrons. The Kier molecular flexibility index (Phi) is 7.59. The largest absolute Gasteiger partial charge is 0.573 e. The third-order valence-corrected chi connectivity index (χ3v) is 6.77. The minimum Gasteiger partial charge on any atom is -0.406 e. The molecule has 0 saturated carbocycles. The van der Waals surface area contributed by atoms with Gasteiger partial charge in [0.1, 0.15) is 11.5 Å². The lowest BCUT2D eigenvalue weighted by Crippen LogP contribution is -2.39. The summed E-state index contributed by atoms with van der Waals surface area (Å²) in [5.74, 6) is -0.938. The van der Waals surface area contributed by atoms with E-state index in [4.69, 9.17) is 0 Å². The second-order valence-electron chi connectivity index (χ2n) is 8.50. The predicted octanol–water partition coefficient (Wildman–Crippen LogP) is 8.16. The Labute approximate surface area is 218 Å². The molecule has 0 amide bonds. The number of alkyl halides is 6. The number of nitrogens with one attached hydrogen (secondary N) is 1. The number of benzene rings is 3. The minimum absolute atomic E-state index is 0.149. The van der Waals surface area contributed by atoms with Crippen molar-refractivity contribution < 1.29 is 35.8 Å². The molecule has 0 aliphatic carbocycles. The number of hydrogen-bond donors (Lipinski definition) is 1. The summed E-state index contributed by atoms with van der Waals surface area (Å²) in [6, 6.07) is 19.8. The van der Waals surface area contributed by atoms with Crippen LogP contribution in [-0.4, -0.2) is 17.7 Å². The zero-order valence-corrected chi connectivity index (χ0v) is 21.0. The summed E-state index contributed by atoms with van der Waals surface area (Å²) in [7, 11) is 0. The van der Waals surface area contributed by atoms with Gasteiger partial charge in [-0.15, -0.1) is 37.7 Å². The zero-order chi connectivity index (χ0) is 27.6. The SMILES string of the molecule is Cc1nc(NC(Cc2ccccc2)(c2cccc(OC(F)(F)F)c2)c2cccc(OC(F)(F)F)c2)sc1C. The average molecular weight is 553 g/mol. The topological polar surface area (TPSA) is 43.4 Å². The highest BCUT2D eigenvalue weighted by Gasteiger charge is 2.39. The molecule has 0 fully saturated rings. The summed E-state index contributed by atoms with van der Waals surface area (Å²) in [4.78, 5) is 5.44. The Bertz CT molecular complexity index is 1310. The van der Waals surface area contributed by atoms with Crippen LogP contribution in [0.3, 0.4) is 0 Å². The lowest BCUT2D eigenvalue weighted by atomic mass is 9.78. The van der Waals surface area contributed by atoms with E-state index in [0.29, 0.717) is 16.3 Å². The van der Waals surface area contributed by atoms with E-state index in [1.54, 1.807) is 24.3 Å². The van der Waals surface area contributed by atoms with Crippen LogP contribution in [-0.2, 0) is 12.0 Å². The highest BCUT2D eigenvalue weighted by molar-refractivity contribution is 7.15. The molecule has 38 heavy (non-hydrogen) atoms. The van der Waals surface area contributed by atoms with E-state index in [0.717, 1.165) is 28.3 Å². The fourth-order valence-electron chi connectivity index (χ4n) is 4.09. The molecule has 0 bridgehead atoms. The van der Waals surface area contributed by atoms with E-state index in [1.807, 2.05) is 32.0 Å². The monoisotopic (exact) mass is 552 g/mol. The number of ether oxygens (including phenoxy) is 2. The van der Waals surface area contributed by atoms with Gasteiger partial charge in [-0.1, -0.05) is 54.6 Å². The standard InChI is InChI=1S/C27H22F6N2O2S/c1-17-18(2)38-24(34-17)35-25(16-19-8-4-3-5-9-19,20-10-6-12-22(14-20)36-26(28,29)30)21-11-7-13-23(15-21)37-27(31,32)33/h3-15H,16H2,1-2H3,(H,34,35). The molecular weight excluding hydrogens is 530 g/mol. The number of nitrogens with zero attached hydrogens (tertiary/aromatic N) is 1. The number of rotatable bonds is 8. The van der Waals surface area contributed by atoms with Crippen LogP contribution in [0.5, 0.6) is 11.5 Å². The predicted molar refractivity (Wildman–Crippen MR) is 132 cm³/mol. The van der Waals surface area contributed by atoms with Gasteiger partial charge in [-0.3, -0.25) is 0 Å². The Balaban J connectivity index is 1.95. The molecule has 11 heteroatoms. The summed E-state index contributed by atoms with van der Waals surface area (Å²) in [5, 5.41) is 3.79. The van der Waals surface area contributed by atoms with E-state index < -0.39 is 29.8 Å². The maximum absolute atomic E-state index is 13.1. The van der Waals surface area contributed by atoms with Crippen LogP contribution >= 0.6 is 11.3 Å². The van der Waals surface area contributed by atoms with Crippen molar-refractivity contribution in [2.24, 2.45) is 0 Å². The number of aromatic nitrogens is 1. The zero-order valence-electron chi connectivity index (χ0n) is 20.2. The normalized spacial score (nSPS) is 12.3. The van der Waals surface area contributed by atoms with E-state index in [-0.39, 0.29) is 6.42 Å². The molecule has 0 aliphatic rings. The van der Waals surface area contributed by atoms with E-state index in [9.17, 15) is 26.3 Å². The number of hydrogen-bond acceptors (Lipinski definition) is 5. The molecular formula is C27H22F6N2O2S. The molecule has 4 nitrogen and oxygen atoms in total. The number of anilines is 1. The van der Waals surface area contributed by atoms with Crippen molar-refractivity contribution in [1.82, 2.24) is 4.98 Å². The molecule has 4 aromatic rings. The molecule has 1 aromatic heterocycles. The fraction of sp³-hybridized carbons (Fsp3) is 0.222. The number of aryl methyl sites for hydroxylation is 2. The van der Waals surface area contributed by atoms with Crippen molar-refractivity contribution in [2.75, 3.05) is 5.32 Å². The second-order valence-corrected chi connectivity index (χ2v) is 9.71. The van der Waals surface area contributed by atoms with Gasteiger partial charge in [-0.05, 0) is 54.8 Å². The van der Waals surface area contributed by atoms with Gasteiger partial charge < -0.3 is 14.8 Å². The van der Waals surface area contributed by atoms with Gasteiger partial charge in [0.25, 0.3) is 0 Å². The van der Waals surface area contributed by atoms with Crippen molar-refractivity contribution in [3.63, 3.8) is 0 Å². The fourth-order valence-corrected chi connectivity index (χ4v) is 4.98. The maximum Gasteiger partial charge on any atom is 0.573 e. The van der Waals surface area contributed by atoms with Crippen LogP contribution in [0.25, 0.3) is 0 Å². The summed E-state index contributed by atoms with van der Waals surface area (Å²) in [6.45, 7) is 3.68. The molecule has 0 saturated heterocycles. The molecule has 0 unspecified atom stereocenters. The van der Waals surface area contributed by atoms with E-state index in [1.165, 1.54) is 35.6 Å². The van der Waals surface area contributed by atoms with Crippen LogP contribution in [0.15, 0.2) is 78.9 Å². The van der Waals surface area contributed by atoms with E-state index >= 15 is 0 Å². The summed E-state index contributed by atoms with van der Waals surface area (Å²) < 4.78 is 86.8. The van der Waals surface area contributed by atoms with Crippen LogP contribution in [0, 0.1) is 13.8 Å². The highest BCUT2D eigenvalue weighted by atomic mass is 32.1. The second kappa shape index (κ2) is 10.6. The van der Waals surface area contributed by atoms with Gasteiger partial charge in [0.05, 0.1) is 11.2 Å². The minimum atomic E-state index is -4.93. The summed E-state index contributed by atoms with van der Waals surface area (Å²) in [6.07, 6.45) is -9.72. The number of halogens is 6. The van der Waals surface area contributed by atoms with Gasteiger partial charge >= 0.3 is 12.7 Å². The third-order valence-electron chi connectivity index (χ3n) is 5.78. The van der Waals surface area contributed by atoms with Gasteiger partial charge in [-0.2, -0.15) is 0 Å². The van der Waals surface area contributed by atoms with Crippen molar-refractivity contribution in [1.29, 1.82) is 0 Å². The molecule has 1 N–H and O–H groups in total. The van der Waals surface area contributed by atoms with Crippen molar-refractivity contribution in [3.05, 3.63) is 106 Å². The van der Waals surface area contributed by atoms with Crippen LogP contribution in [0.2, 0.25) is 0 Å². The van der Waals surface area contributed by atoms with Crippen LogP contribution in [0.1, 0.15) is 27.3 Å². The maximum atomic E-state index is 13.1. The van der Waals surface area contributed by atoms with Gasteiger partial charge in [0, 0.05) is 11.3 Å². The first-order valence-corrected chi connectivity index (χ1v) is 12.1. The molecule has 200 valence electrons. The van der Waals surface area contributed by atoms with Crippen LogP contribution < -0.4 is 14.8 Å². The molecule has 0 atom stereocenters. The quantitative estimate of drug-likeness (QED) is 0.224. The first-order chi connectivity index (χ1) is 17.8. The first kappa shape index (κ1) is 27.3.